The highest BCUT2D eigenvalue weighted by atomic mass is 35.5. The van der Waals surface area contributed by atoms with Crippen LogP contribution in [0.4, 0.5) is 13.2 Å². The van der Waals surface area contributed by atoms with Gasteiger partial charge in [-0.25, -0.2) is 4.98 Å². The molecule has 1 aromatic heterocycles. The second kappa shape index (κ2) is 4.65. The highest BCUT2D eigenvalue weighted by Gasteiger charge is 2.30. The molecule has 1 aromatic carbocycles. The molecule has 2 aromatic rings. The van der Waals surface area contributed by atoms with Crippen LogP contribution in [0, 0.1) is 6.92 Å². The molecule has 2 rings (SSSR count). The van der Waals surface area contributed by atoms with Crippen molar-refractivity contribution in [3.8, 4) is 11.5 Å². The number of hydrogen-bond donors (Lipinski definition) is 0. The van der Waals surface area contributed by atoms with Crippen molar-refractivity contribution in [2.75, 3.05) is 0 Å². The van der Waals surface area contributed by atoms with Crippen LogP contribution in [0.25, 0.3) is 11.5 Å². The summed E-state index contributed by atoms with van der Waals surface area (Å²) in [6, 6.07) is 4.83. The van der Waals surface area contributed by atoms with E-state index in [4.69, 9.17) is 16.0 Å². The summed E-state index contributed by atoms with van der Waals surface area (Å²) in [5.41, 5.74) is 0.0802. The molecule has 0 amide bonds. The third-order valence-corrected chi connectivity index (χ3v) is 2.71. The first-order valence-corrected chi connectivity index (χ1v) is 5.65. The van der Waals surface area contributed by atoms with Gasteiger partial charge in [-0.15, -0.1) is 11.6 Å². The van der Waals surface area contributed by atoms with E-state index >= 15 is 0 Å². The number of hydrogen-bond acceptors (Lipinski definition) is 2. The van der Waals surface area contributed by atoms with Crippen molar-refractivity contribution in [3.63, 3.8) is 0 Å². The molecule has 0 N–H and O–H groups in total. The minimum Gasteiger partial charge on any atom is -0.441 e. The van der Waals surface area contributed by atoms with Crippen molar-refractivity contribution in [2.45, 2.75) is 19.0 Å². The van der Waals surface area contributed by atoms with Gasteiger partial charge in [0.2, 0.25) is 5.89 Å². The quantitative estimate of drug-likeness (QED) is 0.759. The van der Waals surface area contributed by atoms with Gasteiger partial charge in [0, 0.05) is 5.56 Å². The Kier molecular flexibility index (Phi) is 3.34. The Balaban J connectivity index is 2.44. The summed E-state index contributed by atoms with van der Waals surface area (Å²) in [7, 11) is 0. The predicted octanol–water partition coefficient (Wildman–Crippen LogP) is 4.41. The summed E-state index contributed by atoms with van der Waals surface area (Å²) in [6.45, 7) is 1.67. The smallest absolute Gasteiger partial charge is 0.416 e. The van der Waals surface area contributed by atoms with E-state index in [1.54, 1.807) is 6.92 Å². The number of aromatic nitrogens is 1. The molecule has 0 fully saturated rings. The Labute approximate surface area is 106 Å². The molecule has 0 spiro atoms. The Bertz CT molecular complexity index is 563. The van der Waals surface area contributed by atoms with Gasteiger partial charge in [-0.3, -0.25) is 0 Å². The van der Waals surface area contributed by atoms with E-state index in [0.29, 0.717) is 11.5 Å². The summed E-state index contributed by atoms with van der Waals surface area (Å²) in [4.78, 5) is 4.06. The van der Waals surface area contributed by atoms with Crippen LogP contribution in [0.15, 0.2) is 28.7 Å². The van der Waals surface area contributed by atoms with Gasteiger partial charge in [-0.05, 0) is 25.1 Å². The van der Waals surface area contributed by atoms with E-state index in [0.717, 1.165) is 12.1 Å². The molecule has 2 nitrogen and oxygen atoms in total. The third kappa shape index (κ3) is 2.51. The first kappa shape index (κ1) is 13.0. The molecule has 0 unspecified atom stereocenters. The number of alkyl halides is 4. The van der Waals surface area contributed by atoms with Crippen LogP contribution >= 0.6 is 11.6 Å². The Morgan fingerprint density at radius 2 is 2.06 bits per heavy atom. The van der Waals surface area contributed by atoms with E-state index in [1.165, 1.54) is 12.1 Å². The molecule has 0 aliphatic rings. The maximum absolute atomic E-state index is 12.6. The molecular formula is C12H9ClF3NO. The second-order valence-corrected chi connectivity index (χ2v) is 4.00. The molecule has 0 radical (unpaired) electrons. The van der Waals surface area contributed by atoms with Crippen molar-refractivity contribution >= 4 is 11.6 Å². The van der Waals surface area contributed by atoms with E-state index in [2.05, 4.69) is 4.98 Å². The zero-order chi connectivity index (χ0) is 13.3. The summed E-state index contributed by atoms with van der Waals surface area (Å²) < 4.78 is 43.0. The second-order valence-electron chi connectivity index (χ2n) is 3.73. The zero-order valence-corrected chi connectivity index (χ0v) is 10.1. The van der Waals surface area contributed by atoms with Gasteiger partial charge in [0.1, 0.15) is 5.76 Å². The van der Waals surface area contributed by atoms with Gasteiger partial charge in [-0.2, -0.15) is 13.2 Å². The third-order valence-electron chi connectivity index (χ3n) is 2.46. The molecule has 0 atom stereocenters. The molecule has 0 aliphatic heterocycles. The number of oxazole rings is 1. The lowest BCUT2D eigenvalue weighted by Crippen LogP contribution is -2.04. The first-order valence-electron chi connectivity index (χ1n) is 5.11. The molecule has 1 heterocycles. The van der Waals surface area contributed by atoms with Crippen LogP contribution in [0.1, 0.15) is 17.0 Å². The van der Waals surface area contributed by atoms with Crippen LogP contribution in [0.2, 0.25) is 0 Å². The maximum Gasteiger partial charge on any atom is 0.416 e. The molecule has 18 heavy (non-hydrogen) atoms. The lowest BCUT2D eigenvalue weighted by Gasteiger charge is -2.06. The van der Waals surface area contributed by atoms with Crippen molar-refractivity contribution in [3.05, 3.63) is 41.3 Å². The maximum atomic E-state index is 12.6. The lowest BCUT2D eigenvalue weighted by atomic mass is 10.1. The lowest BCUT2D eigenvalue weighted by molar-refractivity contribution is -0.137. The zero-order valence-electron chi connectivity index (χ0n) is 9.38. The van der Waals surface area contributed by atoms with Crippen LogP contribution in [-0.4, -0.2) is 4.98 Å². The summed E-state index contributed by atoms with van der Waals surface area (Å²) >= 11 is 5.63. The van der Waals surface area contributed by atoms with Gasteiger partial charge in [0.05, 0.1) is 17.1 Å². The van der Waals surface area contributed by atoms with Crippen molar-refractivity contribution in [1.29, 1.82) is 0 Å². The highest BCUT2D eigenvalue weighted by Crippen LogP contribution is 2.32. The standard InChI is InChI=1S/C12H9ClF3NO/c1-7-10(6-13)17-11(18-7)8-3-2-4-9(5-8)12(14,15)16/h2-5H,6H2,1H3. The number of rotatable bonds is 2. The number of nitrogens with zero attached hydrogens (tertiary/aromatic N) is 1. The van der Waals surface area contributed by atoms with Crippen LogP contribution in [-0.2, 0) is 12.1 Å². The van der Waals surface area contributed by atoms with Crippen LogP contribution in [0.5, 0.6) is 0 Å². The van der Waals surface area contributed by atoms with Gasteiger partial charge in [0.15, 0.2) is 0 Å². The van der Waals surface area contributed by atoms with E-state index in [-0.39, 0.29) is 17.3 Å². The average Bonchev–Trinajstić information content (AvgIpc) is 2.70. The Hall–Kier alpha value is -1.49. The van der Waals surface area contributed by atoms with Crippen LogP contribution in [0.3, 0.4) is 0 Å². The molecule has 0 bridgehead atoms. The Morgan fingerprint density at radius 3 is 2.61 bits per heavy atom. The summed E-state index contributed by atoms with van der Waals surface area (Å²) in [5, 5.41) is 0. The number of benzene rings is 1. The highest BCUT2D eigenvalue weighted by molar-refractivity contribution is 6.16. The SMILES string of the molecule is Cc1oc(-c2cccc(C(F)(F)F)c2)nc1CCl. The fraction of sp³-hybridized carbons (Fsp3) is 0.250. The molecule has 6 heteroatoms. The van der Waals surface area contributed by atoms with Gasteiger partial charge in [0.25, 0.3) is 0 Å². The summed E-state index contributed by atoms with van der Waals surface area (Å²) in [5.74, 6) is 0.820. The molecule has 96 valence electrons. The normalized spacial score (nSPS) is 11.8. The minimum atomic E-state index is -4.38. The Morgan fingerprint density at radius 1 is 1.33 bits per heavy atom. The molecule has 0 saturated heterocycles. The van der Waals surface area contributed by atoms with Gasteiger partial charge < -0.3 is 4.42 Å². The fourth-order valence-corrected chi connectivity index (χ4v) is 1.75. The number of aryl methyl sites for hydroxylation is 1. The topological polar surface area (TPSA) is 26.0 Å². The van der Waals surface area contributed by atoms with Crippen molar-refractivity contribution in [2.24, 2.45) is 0 Å². The number of halogens is 4. The fourth-order valence-electron chi connectivity index (χ4n) is 1.50. The minimum absolute atomic E-state index is 0.147. The monoisotopic (exact) mass is 275 g/mol. The van der Waals surface area contributed by atoms with E-state index in [1.807, 2.05) is 0 Å². The van der Waals surface area contributed by atoms with Crippen LogP contribution < -0.4 is 0 Å². The van der Waals surface area contributed by atoms with E-state index in [9.17, 15) is 13.2 Å². The van der Waals surface area contributed by atoms with E-state index < -0.39 is 11.7 Å². The predicted molar refractivity (Wildman–Crippen MR) is 61.2 cm³/mol. The molecule has 0 aliphatic carbocycles. The van der Waals surface area contributed by atoms with Crippen molar-refractivity contribution < 1.29 is 17.6 Å². The average molecular weight is 276 g/mol. The van der Waals surface area contributed by atoms with Crippen molar-refractivity contribution in [1.82, 2.24) is 4.98 Å². The molecular weight excluding hydrogens is 267 g/mol. The van der Waals surface area contributed by atoms with Gasteiger partial charge in [-0.1, -0.05) is 6.07 Å². The first-order chi connectivity index (χ1) is 8.41. The summed E-state index contributed by atoms with van der Waals surface area (Å²) in [6.07, 6.45) is -4.38. The largest absolute Gasteiger partial charge is 0.441 e. The molecule has 0 saturated carbocycles. The van der Waals surface area contributed by atoms with Gasteiger partial charge >= 0.3 is 6.18 Å².